The van der Waals surface area contributed by atoms with Gasteiger partial charge in [0.25, 0.3) is 0 Å². The molecule has 0 aromatic carbocycles. The molecule has 0 amide bonds. The van der Waals surface area contributed by atoms with E-state index in [2.05, 4.69) is 0 Å². The quantitative estimate of drug-likeness (QED) is 0.427. The summed E-state index contributed by atoms with van der Waals surface area (Å²) in [4.78, 5) is 11.8. The maximum Gasteiger partial charge on any atom is 0.250 e. The van der Waals surface area contributed by atoms with Crippen molar-refractivity contribution in [3.63, 3.8) is 0 Å². The van der Waals surface area contributed by atoms with Gasteiger partial charge in [0.2, 0.25) is 5.91 Å². The Balaban J connectivity index is 2.18. The number of hydrogen-bond acceptors (Lipinski definition) is 5. The maximum absolute atomic E-state index is 10.4. The van der Waals surface area contributed by atoms with Crippen molar-refractivity contribution in [2.24, 2.45) is 0 Å². The van der Waals surface area contributed by atoms with Crippen LogP contribution in [0.25, 0.3) is 0 Å². The third kappa shape index (κ3) is 1.05. The normalized spacial score (nSPS) is 31.7. The Kier molecular flexibility index (Phi) is 1.67. The van der Waals surface area contributed by atoms with Crippen LogP contribution in [0.15, 0.2) is 11.8 Å². The van der Waals surface area contributed by atoms with Gasteiger partial charge < -0.3 is 15.1 Å². The zero-order chi connectivity index (χ0) is 8.77. The van der Waals surface area contributed by atoms with Crippen molar-refractivity contribution in [1.29, 1.82) is 0 Å². The molecule has 5 heteroatoms. The molecule has 0 saturated carbocycles. The zero-order valence-electron chi connectivity index (χ0n) is 6.30. The lowest BCUT2D eigenvalue weighted by molar-refractivity contribution is -0.309. The average Bonchev–Trinajstić information content (AvgIpc) is 2.03. The van der Waals surface area contributed by atoms with Crippen molar-refractivity contribution < 1.29 is 15.0 Å². The van der Waals surface area contributed by atoms with E-state index in [1.807, 2.05) is 0 Å². The van der Waals surface area contributed by atoms with Gasteiger partial charge in [0.15, 0.2) is 0 Å². The fraction of sp³-hybridized carbons (Fsp3) is 0.571. The van der Waals surface area contributed by atoms with Crippen LogP contribution >= 0.6 is 11.8 Å². The summed E-state index contributed by atoms with van der Waals surface area (Å²) in [6, 6.07) is 0. The van der Waals surface area contributed by atoms with Crippen LogP contribution in [0, 0.1) is 0 Å². The minimum atomic E-state index is -1.73. The fourth-order valence-electron chi connectivity index (χ4n) is 1.35. The predicted molar refractivity (Wildman–Crippen MR) is 44.0 cm³/mol. The molecule has 0 aromatic rings. The van der Waals surface area contributed by atoms with Crippen LogP contribution in [0.3, 0.4) is 0 Å². The molecule has 2 aliphatic heterocycles. The van der Waals surface area contributed by atoms with Gasteiger partial charge in [-0.15, -0.1) is 11.8 Å². The highest BCUT2D eigenvalue weighted by atomic mass is 32.2. The van der Waals surface area contributed by atoms with Crippen LogP contribution in [-0.2, 0) is 4.79 Å². The van der Waals surface area contributed by atoms with Gasteiger partial charge in [-0.2, -0.15) is 0 Å². The van der Waals surface area contributed by atoms with Gasteiger partial charge in [-0.3, -0.25) is 4.79 Å². The second kappa shape index (κ2) is 2.48. The highest BCUT2D eigenvalue weighted by Gasteiger charge is 2.49. The van der Waals surface area contributed by atoms with Gasteiger partial charge in [-0.25, -0.2) is 0 Å². The van der Waals surface area contributed by atoms with E-state index < -0.39 is 5.91 Å². The summed E-state index contributed by atoms with van der Waals surface area (Å²) in [5.74, 6) is -1.06. The van der Waals surface area contributed by atoms with Gasteiger partial charge in [0, 0.05) is 17.5 Å². The van der Waals surface area contributed by atoms with Gasteiger partial charge in [0.05, 0.1) is 11.8 Å². The smallest absolute Gasteiger partial charge is 0.250 e. The number of fused-ring (bicyclic) bond motifs is 1. The Bertz CT molecular complexity index is 251. The number of carbonyl (C=O) groups is 1. The molecular formula is C7H9NO3S. The van der Waals surface area contributed by atoms with Crippen molar-refractivity contribution in [1.82, 2.24) is 4.90 Å². The van der Waals surface area contributed by atoms with E-state index in [-0.39, 0.29) is 5.37 Å². The van der Waals surface area contributed by atoms with Gasteiger partial charge in [0.1, 0.15) is 6.29 Å². The molecule has 0 unspecified atom stereocenters. The van der Waals surface area contributed by atoms with Gasteiger partial charge in [-0.1, -0.05) is 0 Å². The molecule has 0 aliphatic carbocycles. The lowest BCUT2D eigenvalue weighted by atomic mass is 10.1. The molecule has 2 aliphatic rings. The summed E-state index contributed by atoms with van der Waals surface area (Å²) in [5.41, 5.74) is 0.600. The fourth-order valence-corrected chi connectivity index (χ4v) is 2.61. The van der Waals surface area contributed by atoms with Crippen molar-refractivity contribution >= 4 is 18.0 Å². The first-order chi connectivity index (χ1) is 5.63. The third-order valence-electron chi connectivity index (χ3n) is 2.07. The van der Waals surface area contributed by atoms with E-state index in [0.717, 1.165) is 6.29 Å². The summed E-state index contributed by atoms with van der Waals surface area (Å²) in [6.07, 6.45) is 2.62. The number of nitrogens with zero attached hydrogens (tertiary/aromatic N) is 1. The van der Waals surface area contributed by atoms with Crippen molar-refractivity contribution in [3.8, 4) is 0 Å². The Labute approximate surface area is 73.9 Å². The number of hydrogen-bond donors (Lipinski definition) is 2. The van der Waals surface area contributed by atoms with Gasteiger partial charge in [-0.05, 0) is 0 Å². The lowest BCUT2D eigenvalue weighted by Crippen LogP contribution is -2.63. The largest absolute Gasteiger partial charge is 0.349 e. The maximum atomic E-state index is 10.4. The molecule has 2 rings (SSSR count). The Morgan fingerprint density at radius 1 is 1.75 bits per heavy atom. The monoisotopic (exact) mass is 187 g/mol. The number of aliphatic hydroxyl groups is 2. The van der Waals surface area contributed by atoms with Crippen LogP contribution < -0.4 is 0 Å². The molecule has 1 saturated heterocycles. The Hall–Kier alpha value is -0.520. The average molecular weight is 187 g/mol. The molecule has 1 fully saturated rings. The molecule has 66 valence electrons. The first-order valence-corrected chi connectivity index (χ1v) is 4.69. The molecular weight excluding hydrogens is 178 g/mol. The first-order valence-electron chi connectivity index (χ1n) is 3.64. The van der Waals surface area contributed by atoms with Crippen LogP contribution in [0.5, 0.6) is 0 Å². The van der Waals surface area contributed by atoms with E-state index in [1.54, 1.807) is 11.8 Å². The highest BCUT2D eigenvalue weighted by Crippen LogP contribution is 2.42. The topological polar surface area (TPSA) is 60.8 Å². The minimum absolute atomic E-state index is 0.128. The number of carbonyl (C=O) groups excluding carboxylic acids is 1. The molecule has 0 bridgehead atoms. The molecule has 2 heterocycles. The zero-order valence-corrected chi connectivity index (χ0v) is 7.12. The molecule has 4 nitrogen and oxygen atoms in total. The first kappa shape index (κ1) is 8.10. The second-order valence-electron chi connectivity index (χ2n) is 2.97. The summed E-state index contributed by atoms with van der Waals surface area (Å²) in [7, 11) is 0. The highest BCUT2D eigenvalue weighted by molar-refractivity contribution is 8.00. The number of aldehydes is 1. The van der Waals surface area contributed by atoms with E-state index in [4.69, 9.17) is 0 Å². The summed E-state index contributed by atoms with van der Waals surface area (Å²) in [6.45, 7) is 0. The Morgan fingerprint density at radius 3 is 3.08 bits per heavy atom. The summed E-state index contributed by atoms with van der Waals surface area (Å²) < 4.78 is 0. The SMILES string of the molecule is O=CC1=CN2[C@H](CC2(O)O)SC1. The molecule has 0 aromatic heterocycles. The molecule has 1 atom stereocenters. The van der Waals surface area contributed by atoms with Crippen molar-refractivity contribution in [3.05, 3.63) is 11.8 Å². The number of rotatable bonds is 1. The standard InChI is InChI=1S/C7H9NO3S/c9-3-5-2-8-6(12-4-5)1-7(8,10)11/h2-3,6,10-11H,1,4H2/t6-/m0/s1. The van der Waals surface area contributed by atoms with Crippen LogP contribution in [0.2, 0.25) is 0 Å². The van der Waals surface area contributed by atoms with E-state index in [0.29, 0.717) is 17.7 Å². The number of thioether (sulfide) groups is 1. The third-order valence-corrected chi connectivity index (χ3v) is 3.35. The van der Waals surface area contributed by atoms with E-state index >= 15 is 0 Å². The second-order valence-corrected chi connectivity index (χ2v) is 4.14. The minimum Gasteiger partial charge on any atom is -0.349 e. The lowest BCUT2D eigenvalue weighted by Gasteiger charge is -2.52. The molecule has 0 spiro atoms. The van der Waals surface area contributed by atoms with E-state index in [9.17, 15) is 15.0 Å². The Morgan fingerprint density at radius 2 is 2.50 bits per heavy atom. The van der Waals surface area contributed by atoms with E-state index in [1.165, 1.54) is 11.1 Å². The molecule has 0 radical (unpaired) electrons. The van der Waals surface area contributed by atoms with Crippen LogP contribution in [0.4, 0.5) is 0 Å². The van der Waals surface area contributed by atoms with Crippen molar-refractivity contribution in [2.75, 3.05) is 5.75 Å². The van der Waals surface area contributed by atoms with Crippen molar-refractivity contribution in [2.45, 2.75) is 17.7 Å². The predicted octanol–water partition coefficient (Wildman–Crippen LogP) is -0.514. The molecule has 2 N–H and O–H groups in total. The van der Waals surface area contributed by atoms with Gasteiger partial charge >= 0.3 is 0 Å². The summed E-state index contributed by atoms with van der Waals surface area (Å²) >= 11 is 1.55. The molecule has 12 heavy (non-hydrogen) atoms. The summed E-state index contributed by atoms with van der Waals surface area (Å²) in [5, 5.41) is 18.6. The van der Waals surface area contributed by atoms with Crippen LogP contribution in [0.1, 0.15) is 6.42 Å². The van der Waals surface area contributed by atoms with Crippen LogP contribution in [-0.4, -0.2) is 38.4 Å².